The average Bonchev–Trinajstić information content (AvgIpc) is 2.78. The Balaban J connectivity index is 1.97. The molecule has 8 heteroatoms. The zero-order chi connectivity index (χ0) is 17.5. The van der Waals surface area contributed by atoms with E-state index >= 15 is 0 Å². The molecule has 0 saturated heterocycles. The number of amides is 2. The van der Waals surface area contributed by atoms with Crippen molar-refractivity contribution in [1.29, 1.82) is 0 Å². The SMILES string of the molecule is O=C1C2=C(CCCC2)C(=O)N1c1ccc(Cl)c(C=CP(=O)(O)O)c1. The van der Waals surface area contributed by atoms with Gasteiger partial charge in [0.1, 0.15) is 0 Å². The molecular weight excluding hydrogens is 353 g/mol. The predicted octanol–water partition coefficient (Wildman–Crippen LogP) is 3.23. The molecule has 1 aliphatic heterocycles. The zero-order valence-corrected chi connectivity index (χ0v) is 14.3. The van der Waals surface area contributed by atoms with E-state index in [1.807, 2.05) is 0 Å². The van der Waals surface area contributed by atoms with Gasteiger partial charge >= 0.3 is 7.60 Å². The fourth-order valence-corrected chi connectivity index (χ4v) is 3.48. The van der Waals surface area contributed by atoms with E-state index in [-0.39, 0.29) is 16.8 Å². The summed E-state index contributed by atoms with van der Waals surface area (Å²) in [6.45, 7) is 0. The molecule has 0 spiro atoms. The molecule has 126 valence electrons. The Morgan fingerprint density at radius 1 is 1.08 bits per heavy atom. The van der Waals surface area contributed by atoms with E-state index < -0.39 is 7.60 Å². The second-order valence-electron chi connectivity index (χ2n) is 5.72. The van der Waals surface area contributed by atoms with Crippen LogP contribution >= 0.6 is 19.2 Å². The number of benzene rings is 1. The van der Waals surface area contributed by atoms with Crippen molar-refractivity contribution in [1.82, 2.24) is 0 Å². The molecule has 1 aromatic carbocycles. The molecular formula is C16H15ClNO5P. The maximum Gasteiger partial charge on any atom is 0.349 e. The van der Waals surface area contributed by atoms with Crippen molar-refractivity contribution in [3.8, 4) is 0 Å². The van der Waals surface area contributed by atoms with Gasteiger partial charge in [-0.1, -0.05) is 11.6 Å². The van der Waals surface area contributed by atoms with Crippen LogP contribution in [0.3, 0.4) is 0 Å². The lowest BCUT2D eigenvalue weighted by atomic mass is 9.93. The molecule has 2 amide bonds. The Hall–Kier alpha value is -1.72. The van der Waals surface area contributed by atoms with Gasteiger partial charge in [0.25, 0.3) is 11.8 Å². The monoisotopic (exact) mass is 367 g/mol. The van der Waals surface area contributed by atoms with Crippen LogP contribution in [-0.4, -0.2) is 21.6 Å². The van der Waals surface area contributed by atoms with Crippen LogP contribution in [0.1, 0.15) is 31.2 Å². The van der Waals surface area contributed by atoms with Crippen molar-refractivity contribution in [2.75, 3.05) is 4.90 Å². The number of anilines is 1. The maximum atomic E-state index is 12.5. The highest BCUT2D eigenvalue weighted by Gasteiger charge is 2.39. The van der Waals surface area contributed by atoms with Crippen LogP contribution in [0.5, 0.6) is 0 Å². The molecule has 0 radical (unpaired) electrons. The van der Waals surface area contributed by atoms with Gasteiger partial charge in [-0.25, -0.2) is 4.90 Å². The molecule has 2 aliphatic rings. The van der Waals surface area contributed by atoms with Crippen molar-refractivity contribution >= 4 is 42.8 Å². The standard InChI is InChI=1S/C16H15ClNO5P/c17-14-6-5-11(9-10(14)7-8-24(21,22)23)18-15(19)12-3-1-2-4-13(12)16(18)20/h5-9H,1-4H2,(H2,21,22,23). The number of hydrogen-bond acceptors (Lipinski definition) is 3. The zero-order valence-electron chi connectivity index (χ0n) is 12.6. The van der Waals surface area contributed by atoms with Gasteiger partial charge in [-0.05, 0) is 55.5 Å². The van der Waals surface area contributed by atoms with Crippen molar-refractivity contribution in [3.05, 3.63) is 45.7 Å². The Morgan fingerprint density at radius 3 is 2.21 bits per heavy atom. The third kappa shape index (κ3) is 3.23. The maximum absolute atomic E-state index is 12.5. The van der Waals surface area contributed by atoms with Crippen LogP contribution in [0.2, 0.25) is 5.02 Å². The minimum Gasteiger partial charge on any atom is -0.321 e. The highest BCUT2D eigenvalue weighted by atomic mass is 35.5. The second-order valence-corrected chi connectivity index (χ2v) is 7.60. The molecule has 3 rings (SSSR count). The summed E-state index contributed by atoms with van der Waals surface area (Å²) in [6, 6.07) is 4.52. The van der Waals surface area contributed by atoms with Gasteiger partial charge in [0.2, 0.25) is 0 Å². The van der Waals surface area contributed by atoms with E-state index in [1.165, 1.54) is 18.2 Å². The molecule has 6 nitrogen and oxygen atoms in total. The molecule has 0 saturated carbocycles. The highest BCUT2D eigenvalue weighted by Crippen LogP contribution is 2.39. The largest absolute Gasteiger partial charge is 0.349 e. The summed E-state index contributed by atoms with van der Waals surface area (Å²) < 4.78 is 11.0. The smallest absolute Gasteiger partial charge is 0.321 e. The normalized spacial score (nSPS) is 18.7. The van der Waals surface area contributed by atoms with Gasteiger partial charge in [0.05, 0.1) is 5.69 Å². The van der Waals surface area contributed by atoms with E-state index in [1.54, 1.807) is 6.07 Å². The minimum absolute atomic E-state index is 0.264. The van der Waals surface area contributed by atoms with E-state index in [4.69, 9.17) is 21.4 Å². The Labute approximate surface area is 143 Å². The molecule has 0 unspecified atom stereocenters. The van der Waals surface area contributed by atoms with Crippen LogP contribution in [0, 0.1) is 0 Å². The Morgan fingerprint density at radius 2 is 1.67 bits per heavy atom. The van der Waals surface area contributed by atoms with Crippen LogP contribution in [0.15, 0.2) is 35.2 Å². The lowest BCUT2D eigenvalue weighted by Crippen LogP contribution is -2.31. The van der Waals surface area contributed by atoms with Crippen LogP contribution in [0.4, 0.5) is 5.69 Å². The van der Waals surface area contributed by atoms with Crippen LogP contribution < -0.4 is 4.90 Å². The molecule has 1 aromatic rings. The van der Waals surface area contributed by atoms with E-state index in [9.17, 15) is 14.2 Å². The number of hydrogen-bond donors (Lipinski definition) is 2. The number of carbonyl (C=O) groups excluding carboxylic acids is 2. The third-order valence-corrected chi connectivity index (χ3v) is 4.96. The summed E-state index contributed by atoms with van der Waals surface area (Å²) in [4.78, 5) is 44.0. The number of imide groups is 1. The average molecular weight is 368 g/mol. The lowest BCUT2D eigenvalue weighted by Gasteiger charge is -2.16. The molecule has 2 N–H and O–H groups in total. The minimum atomic E-state index is -4.33. The quantitative estimate of drug-likeness (QED) is 0.631. The van der Waals surface area contributed by atoms with Crippen LogP contribution in [0.25, 0.3) is 6.08 Å². The molecule has 0 atom stereocenters. The highest BCUT2D eigenvalue weighted by molar-refractivity contribution is 7.55. The second kappa shape index (κ2) is 6.30. The van der Waals surface area contributed by atoms with Crippen LogP contribution in [-0.2, 0) is 14.2 Å². The van der Waals surface area contributed by atoms with Crippen molar-refractivity contribution in [3.63, 3.8) is 0 Å². The number of carbonyl (C=O) groups is 2. The summed E-state index contributed by atoms with van der Waals surface area (Å²) in [7, 11) is -4.33. The first-order chi connectivity index (χ1) is 11.3. The molecule has 1 heterocycles. The van der Waals surface area contributed by atoms with E-state index in [0.717, 1.165) is 23.6 Å². The van der Waals surface area contributed by atoms with E-state index in [0.29, 0.717) is 35.2 Å². The summed E-state index contributed by atoms with van der Waals surface area (Å²) in [5.74, 6) is 0.0957. The summed E-state index contributed by atoms with van der Waals surface area (Å²) in [5.41, 5.74) is 1.82. The first-order valence-electron chi connectivity index (χ1n) is 7.43. The molecule has 24 heavy (non-hydrogen) atoms. The van der Waals surface area contributed by atoms with Gasteiger partial charge in [-0.2, -0.15) is 0 Å². The van der Waals surface area contributed by atoms with Gasteiger partial charge in [-0.3, -0.25) is 14.2 Å². The summed E-state index contributed by atoms with van der Waals surface area (Å²) in [6.07, 6.45) is 4.18. The fourth-order valence-electron chi connectivity index (χ4n) is 2.95. The Kier molecular flexibility index (Phi) is 4.49. The lowest BCUT2D eigenvalue weighted by molar-refractivity contribution is -0.120. The van der Waals surface area contributed by atoms with Crippen molar-refractivity contribution in [2.45, 2.75) is 25.7 Å². The van der Waals surface area contributed by atoms with E-state index in [2.05, 4.69) is 0 Å². The number of rotatable bonds is 3. The summed E-state index contributed by atoms with van der Waals surface area (Å²) >= 11 is 6.02. The fraction of sp³-hybridized carbons (Fsp3) is 0.250. The molecule has 1 aliphatic carbocycles. The third-order valence-electron chi connectivity index (χ3n) is 4.08. The van der Waals surface area contributed by atoms with Gasteiger partial charge in [0.15, 0.2) is 0 Å². The van der Waals surface area contributed by atoms with Gasteiger partial charge in [0, 0.05) is 22.0 Å². The first kappa shape index (κ1) is 17.1. The molecule has 0 bridgehead atoms. The van der Waals surface area contributed by atoms with Crippen molar-refractivity contribution in [2.24, 2.45) is 0 Å². The first-order valence-corrected chi connectivity index (χ1v) is 9.49. The molecule has 0 fully saturated rings. The van der Waals surface area contributed by atoms with Gasteiger partial charge in [-0.15, -0.1) is 0 Å². The summed E-state index contributed by atoms with van der Waals surface area (Å²) in [5, 5.41) is 0.264. The van der Waals surface area contributed by atoms with Crippen molar-refractivity contribution < 1.29 is 23.9 Å². The number of halogens is 1. The molecule has 0 aromatic heterocycles. The predicted molar refractivity (Wildman–Crippen MR) is 90.5 cm³/mol. The van der Waals surface area contributed by atoms with Gasteiger partial charge < -0.3 is 9.79 Å². The Bertz CT molecular complexity index is 811. The topological polar surface area (TPSA) is 94.9 Å². The number of nitrogens with zero attached hydrogens (tertiary/aromatic N) is 1.